The van der Waals surface area contributed by atoms with E-state index in [4.69, 9.17) is 11.5 Å². The minimum absolute atomic E-state index is 0.216. The number of hydrogen-bond acceptors (Lipinski definition) is 2. The Bertz CT molecular complexity index is 479. The van der Waals surface area contributed by atoms with Gasteiger partial charge >= 0.3 is 12.0 Å². The molecule has 5 nitrogen and oxygen atoms in total. The second-order valence-corrected chi connectivity index (χ2v) is 4.09. The monoisotopic (exact) mass is 260 g/mol. The van der Waals surface area contributed by atoms with Gasteiger partial charge in [-0.3, -0.25) is 0 Å². The van der Waals surface area contributed by atoms with Gasteiger partial charge in [0, 0.05) is 6.42 Å². The van der Waals surface area contributed by atoms with Crippen molar-refractivity contribution in [2.75, 3.05) is 0 Å². The van der Waals surface area contributed by atoms with Crippen LogP contribution < -0.4 is 10.6 Å². The molecular weight excluding hydrogens is 244 g/mol. The fourth-order valence-corrected chi connectivity index (χ4v) is 1.49. The first kappa shape index (κ1) is 14.6. The minimum atomic E-state index is -1.09. The molecule has 0 bridgehead atoms. The van der Waals surface area contributed by atoms with E-state index in [1.54, 1.807) is 19.1 Å². The Kier molecular flexibility index (Phi) is 5.42. The SMILES string of the molecule is C#CC(C)NC(=O)N[C@H](Cc1ccccc1)C(=O)O. The van der Waals surface area contributed by atoms with Gasteiger partial charge in [0.15, 0.2) is 0 Å². The summed E-state index contributed by atoms with van der Waals surface area (Å²) in [6.07, 6.45) is 5.34. The van der Waals surface area contributed by atoms with Crippen molar-refractivity contribution in [1.29, 1.82) is 0 Å². The van der Waals surface area contributed by atoms with Gasteiger partial charge in [-0.2, -0.15) is 0 Å². The van der Waals surface area contributed by atoms with Crippen molar-refractivity contribution < 1.29 is 14.7 Å². The quantitative estimate of drug-likeness (QED) is 0.691. The van der Waals surface area contributed by atoms with E-state index >= 15 is 0 Å². The molecule has 1 unspecified atom stereocenters. The van der Waals surface area contributed by atoms with E-state index in [0.29, 0.717) is 0 Å². The third-order valence-electron chi connectivity index (χ3n) is 2.48. The number of carboxylic acids is 1. The van der Waals surface area contributed by atoms with Crippen LogP contribution in [0.5, 0.6) is 0 Å². The van der Waals surface area contributed by atoms with E-state index in [0.717, 1.165) is 5.56 Å². The van der Waals surface area contributed by atoms with Gasteiger partial charge in [-0.05, 0) is 12.5 Å². The maximum absolute atomic E-state index is 11.5. The second-order valence-electron chi connectivity index (χ2n) is 4.09. The Labute approximate surface area is 112 Å². The van der Waals surface area contributed by atoms with Crippen LogP contribution in [0.2, 0.25) is 0 Å². The highest BCUT2D eigenvalue weighted by Crippen LogP contribution is 2.03. The first-order valence-corrected chi connectivity index (χ1v) is 5.83. The first-order chi connectivity index (χ1) is 9.02. The molecule has 0 aliphatic carbocycles. The molecule has 3 N–H and O–H groups in total. The maximum Gasteiger partial charge on any atom is 0.326 e. The Morgan fingerprint density at radius 1 is 1.32 bits per heavy atom. The number of benzene rings is 1. The molecule has 0 aromatic heterocycles. The molecule has 0 spiro atoms. The number of carbonyl (C=O) groups is 2. The van der Waals surface area contributed by atoms with Crippen molar-refractivity contribution >= 4 is 12.0 Å². The molecule has 0 fully saturated rings. The van der Waals surface area contributed by atoms with Crippen molar-refractivity contribution in [3.8, 4) is 12.3 Å². The lowest BCUT2D eigenvalue weighted by molar-refractivity contribution is -0.139. The van der Waals surface area contributed by atoms with Gasteiger partial charge < -0.3 is 15.7 Å². The fraction of sp³-hybridized carbons (Fsp3) is 0.286. The average molecular weight is 260 g/mol. The van der Waals surface area contributed by atoms with Crippen molar-refractivity contribution in [3.05, 3.63) is 35.9 Å². The normalized spacial score (nSPS) is 12.8. The summed E-state index contributed by atoms with van der Waals surface area (Å²) in [5.41, 5.74) is 0.834. The molecule has 0 heterocycles. The second kappa shape index (κ2) is 7.07. The number of urea groups is 1. The molecule has 1 rings (SSSR count). The number of rotatable bonds is 5. The average Bonchev–Trinajstić information content (AvgIpc) is 2.38. The number of amides is 2. The molecule has 0 saturated carbocycles. The lowest BCUT2D eigenvalue weighted by atomic mass is 10.1. The van der Waals surface area contributed by atoms with Gasteiger partial charge in [0.05, 0.1) is 6.04 Å². The summed E-state index contributed by atoms with van der Waals surface area (Å²) in [5, 5.41) is 13.9. The lowest BCUT2D eigenvalue weighted by Crippen LogP contribution is -2.49. The Balaban J connectivity index is 2.62. The molecule has 1 aromatic rings. The van der Waals surface area contributed by atoms with E-state index in [-0.39, 0.29) is 6.42 Å². The summed E-state index contributed by atoms with van der Waals surface area (Å²) in [4.78, 5) is 22.6. The molecule has 0 aliphatic heterocycles. The van der Waals surface area contributed by atoms with Crippen molar-refractivity contribution in [3.63, 3.8) is 0 Å². The number of aliphatic carboxylic acids is 1. The molecule has 0 radical (unpaired) electrons. The standard InChI is InChI=1S/C14H16N2O3/c1-3-10(2)15-14(19)16-12(13(17)18)9-11-7-5-4-6-8-11/h1,4-8,10,12H,9H2,2H3,(H,17,18)(H2,15,16,19)/t10?,12-/m1/s1. The van der Waals surface area contributed by atoms with Crippen LogP contribution in [0.15, 0.2) is 30.3 Å². The van der Waals surface area contributed by atoms with Crippen molar-refractivity contribution in [2.24, 2.45) is 0 Å². The molecule has 1 aromatic carbocycles. The maximum atomic E-state index is 11.5. The van der Waals surface area contributed by atoms with E-state index in [9.17, 15) is 9.59 Å². The predicted octanol–water partition coefficient (Wildman–Crippen LogP) is 1.00. The number of hydrogen-bond donors (Lipinski definition) is 3. The van der Waals surface area contributed by atoms with Gasteiger partial charge in [0.1, 0.15) is 6.04 Å². The predicted molar refractivity (Wildman–Crippen MR) is 71.5 cm³/mol. The van der Waals surface area contributed by atoms with Gasteiger partial charge in [-0.1, -0.05) is 36.3 Å². The third-order valence-corrected chi connectivity index (χ3v) is 2.48. The van der Waals surface area contributed by atoms with Crippen LogP contribution in [0, 0.1) is 12.3 Å². The Morgan fingerprint density at radius 3 is 2.47 bits per heavy atom. The van der Waals surface area contributed by atoms with Crippen LogP contribution in [0.25, 0.3) is 0 Å². The summed E-state index contributed by atoms with van der Waals surface area (Å²) in [6.45, 7) is 1.63. The van der Waals surface area contributed by atoms with Gasteiger partial charge in [0.2, 0.25) is 0 Å². The third kappa shape index (κ3) is 5.13. The van der Waals surface area contributed by atoms with Crippen LogP contribution in [0.1, 0.15) is 12.5 Å². The van der Waals surface area contributed by atoms with Crippen LogP contribution in [0.3, 0.4) is 0 Å². The van der Waals surface area contributed by atoms with Crippen LogP contribution in [0.4, 0.5) is 4.79 Å². The van der Waals surface area contributed by atoms with E-state index in [1.165, 1.54) is 0 Å². The molecule has 5 heteroatoms. The summed E-state index contributed by atoms with van der Waals surface area (Å²) >= 11 is 0. The summed E-state index contributed by atoms with van der Waals surface area (Å²) < 4.78 is 0. The van der Waals surface area contributed by atoms with Gasteiger partial charge in [-0.25, -0.2) is 9.59 Å². The van der Waals surface area contributed by atoms with Gasteiger partial charge in [0.25, 0.3) is 0 Å². The highest BCUT2D eigenvalue weighted by molar-refractivity contribution is 5.83. The van der Waals surface area contributed by atoms with E-state index in [1.807, 2.05) is 18.2 Å². The molecule has 19 heavy (non-hydrogen) atoms. The van der Waals surface area contributed by atoms with Crippen molar-refractivity contribution in [1.82, 2.24) is 10.6 Å². The number of nitrogens with one attached hydrogen (secondary N) is 2. The summed E-state index contributed by atoms with van der Waals surface area (Å²) in [7, 11) is 0. The molecule has 2 amide bonds. The number of carboxylic acid groups (broad SMARTS) is 1. The lowest BCUT2D eigenvalue weighted by Gasteiger charge is -2.16. The Morgan fingerprint density at radius 2 is 1.95 bits per heavy atom. The zero-order valence-electron chi connectivity index (χ0n) is 10.6. The highest BCUT2D eigenvalue weighted by atomic mass is 16.4. The number of carbonyl (C=O) groups excluding carboxylic acids is 1. The Hall–Kier alpha value is -2.48. The zero-order chi connectivity index (χ0) is 14.3. The smallest absolute Gasteiger partial charge is 0.326 e. The van der Waals surface area contributed by atoms with E-state index < -0.39 is 24.1 Å². The summed E-state index contributed by atoms with van der Waals surface area (Å²) in [6, 6.07) is 7.05. The topological polar surface area (TPSA) is 78.4 Å². The van der Waals surface area contributed by atoms with Gasteiger partial charge in [-0.15, -0.1) is 6.42 Å². The molecule has 2 atom stereocenters. The van der Waals surface area contributed by atoms with E-state index in [2.05, 4.69) is 16.6 Å². The highest BCUT2D eigenvalue weighted by Gasteiger charge is 2.20. The van der Waals surface area contributed by atoms with Crippen LogP contribution >= 0.6 is 0 Å². The fourth-order valence-electron chi connectivity index (χ4n) is 1.49. The number of terminal acetylenes is 1. The van der Waals surface area contributed by atoms with Crippen LogP contribution in [-0.4, -0.2) is 29.2 Å². The van der Waals surface area contributed by atoms with Crippen LogP contribution in [-0.2, 0) is 11.2 Å². The van der Waals surface area contributed by atoms with Crippen molar-refractivity contribution in [2.45, 2.75) is 25.4 Å². The molecule has 0 aliphatic rings. The zero-order valence-corrected chi connectivity index (χ0v) is 10.6. The molecule has 100 valence electrons. The largest absolute Gasteiger partial charge is 0.480 e. The summed E-state index contributed by atoms with van der Waals surface area (Å²) in [5.74, 6) is 1.24. The molecular formula is C14H16N2O3. The minimum Gasteiger partial charge on any atom is -0.480 e. The first-order valence-electron chi connectivity index (χ1n) is 5.83. The molecule has 0 saturated heterocycles.